The summed E-state index contributed by atoms with van der Waals surface area (Å²) in [5.74, 6) is 0.630. The van der Waals surface area contributed by atoms with Crippen molar-refractivity contribution in [2.75, 3.05) is 6.61 Å². The normalized spacial score (nSPS) is 10.3. The van der Waals surface area contributed by atoms with Crippen molar-refractivity contribution < 1.29 is 9.53 Å². The van der Waals surface area contributed by atoms with Crippen molar-refractivity contribution in [3.8, 4) is 5.75 Å². The molecule has 0 unspecified atom stereocenters. The third kappa shape index (κ3) is 3.42. The Morgan fingerprint density at radius 1 is 1.25 bits per heavy atom. The summed E-state index contributed by atoms with van der Waals surface area (Å²) in [7, 11) is 0. The minimum absolute atomic E-state index is 0.0138. The largest absolute Gasteiger partial charge is 0.492 e. The van der Waals surface area contributed by atoms with Crippen LogP contribution in [-0.2, 0) is 13.0 Å². The fourth-order valence-electron chi connectivity index (χ4n) is 2.02. The number of ether oxygens (including phenoxy) is 1. The van der Waals surface area contributed by atoms with Crippen molar-refractivity contribution in [2.24, 2.45) is 5.73 Å². The van der Waals surface area contributed by atoms with Crippen molar-refractivity contribution >= 4 is 5.78 Å². The smallest absolute Gasteiger partial charge is 0.168 e. The van der Waals surface area contributed by atoms with Crippen molar-refractivity contribution in [3.05, 3.63) is 59.4 Å². The molecule has 0 aliphatic rings. The second kappa shape index (κ2) is 6.82. The fourth-order valence-corrected chi connectivity index (χ4v) is 2.02. The van der Waals surface area contributed by atoms with E-state index in [4.69, 9.17) is 10.5 Å². The molecule has 0 amide bonds. The van der Waals surface area contributed by atoms with Crippen LogP contribution in [0.25, 0.3) is 0 Å². The van der Waals surface area contributed by atoms with Gasteiger partial charge in [-0.1, -0.05) is 24.3 Å². The van der Waals surface area contributed by atoms with Crippen molar-refractivity contribution in [2.45, 2.75) is 19.9 Å². The number of rotatable bonds is 6. The lowest BCUT2D eigenvalue weighted by molar-refractivity contribution is 0.0992. The van der Waals surface area contributed by atoms with E-state index in [0.717, 1.165) is 11.1 Å². The highest BCUT2D eigenvalue weighted by atomic mass is 16.5. The second-order valence-corrected chi connectivity index (χ2v) is 4.42. The van der Waals surface area contributed by atoms with Crippen LogP contribution in [0.2, 0.25) is 0 Å². The van der Waals surface area contributed by atoms with E-state index in [-0.39, 0.29) is 5.78 Å². The van der Waals surface area contributed by atoms with Crippen molar-refractivity contribution in [1.29, 1.82) is 0 Å². The molecule has 2 aromatic rings. The number of ketones is 1. The number of hydrogen-bond donors (Lipinski definition) is 1. The van der Waals surface area contributed by atoms with E-state index in [1.807, 2.05) is 31.2 Å². The highest BCUT2D eigenvalue weighted by Gasteiger charge is 2.11. The van der Waals surface area contributed by atoms with E-state index < -0.39 is 0 Å². The molecule has 0 spiro atoms. The van der Waals surface area contributed by atoms with Gasteiger partial charge in [-0.2, -0.15) is 0 Å². The predicted molar refractivity (Wildman–Crippen MR) is 77.8 cm³/mol. The van der Waals surface area contributed by atoms with Gasteiger partial charge in [-0.3, -0.25) is 9.78 Å². The lowest BCUT2D eigenvalue weighted by atomic mass is 9.99. The number of carbonyl (C=O) groups excluding carboxylic acids is 1. The molecule has 0 aliphatic carbocycles. The molecule has 0 saturated heterocycles. The monoisotopic (exact) mass is 270 g/mol. The Labute approximate surface area is 118 Å². The van der Waals surface area contributed by atoms with Crippen LogP contribution in [0.4, 0.5) is 0 Å². The van der Waals surface area contributed by atoms with E-state index >= 15 is 0 Å². The molecular formula is C16H18N2O2. The van der Waals surface area contributed by atoms with E-state index in [1.165, 1.54) is 0 Å². The molecule has 4 nitrogen and oxygen atoms in total. The molecule has 0 radical (unpaired) electrons. The Kier molecular flexibility index (Phi) is 4.85. The molecule has 0 saturated carbocycles. The number of nitrogens with two attached hydrogens (primary N) is 1. The van der Waals surface area contributed by atoms with E-state index in [2.05, 4.69) is 4.98 Å². The average Bonchev–Trinajstić information content (AvgIpc) is 2.48. The number of pyridine rings is 1. The molecule has 1 aromatic carbocycles. The van der Waals surface area contributed by atoms with Crippen LogP contribution in [0.15, 0.2) is 42.7 Å². The molecule has 0 bridgehead atoms. The molecule has 0 aliphatic heterocycles. The van der Waals surface area contributed by atoms with Crippen LogP contribution in [-0.4, -0.2) is 17.4 Å². The van der Waals surface area contributed by atoms with Gasteiger partial charge in [0.05, 0.1) is 12.8 Å². The zero-order valence-electron chi connectivity index (χ0n) is 11.5. The molecule has 2 rings (SSSR count). The highest BCUT2D eigenvalue weighted by molar-refractivity contribution is 5.97. The van der Waals surface area contributed by atoms with Gasteiger partial charge in [-0.05, 0) is 24.1 Å². The highest BCUT2D eigenvalue weighted by Crippen LogP contribution is 2.15. The summed E-state index contributed by atoms with van der Waals surface area (Å²) in [6, 6.07) is 9.44. The van der Waals surface area contributed by atoms with E-state index in [9.17, 15) is 4.79 Å². The van der Waals surface area contributed by atoms with Gasteiger partial charge in [0.2, 0.25) is 0 Å². The summed E-state index contributed by atoms with van der Waals surface area (Å²) in [4.78, 5) is 16.3. The van der Waals surface area contributed by atoms with E-state index in [1.54, 1.807) is 18.5 Å². The molecule has 4 heteroatoms. The molecule has 0 fully saturated rings. The molecule has 1 aromatic heterocycles. The second-order valence-electron chi connectivity index (χ2n) is 4.42. The molecule has 0 atom stereocenters. The van der Waals surface area contributed by atoms with Crippen molar-refractivity contribution in [1.82, 2.24) is 4.98 Å². The Morgan fingerprint density at radius 3 is 2.70 bits per heavy atom. The number of Topliss-reactive ketones (excluding diaryl/α,β-unsaturated/α-hetero) is 1. The summed E-state index contributed by atoms with van der Waals surface area (Å²) >= 11 is 0. The first-order chi connectivity index (χ1) is 9.74. The number of nitrogens with zero attached hydrogens (tertiary/aromatic N) is 1. The summed E-state index contributed by atoms with van der Waals surface area (Å²) in [6.45, 7) is 2.88. The minimum Gasteiger partial charge on any atom is -0.492 e. The van der Waals surface area contributed by atoms with Gasteiger partial charge in [0.1, 0.15) is 5.75 Å². The zero-order valence-corrected chi connectivity index (χ0v) is 11.5. The third-order valence-corrected chi connectivity index (χ3v) is 3.04. The van der Waals surface area contributed by atoms with Crippen molar-refractivity contribution in [3.63, 3.8) is 0 Å². The molecule has 20 heavy (non-hydrogen) atoms. The SMILES string of the molecule is CCOc1cncc(C(=O)Cc2ccccc2CN)c1. The van der Waals surface area contributed by atoms with Gasteiger partial charge in [-0.25, -0.2) is 0 Å². The van der Waals surface area contributed by atoms with E-state index in [0.29, 0.717) is 30.9 Å². The fraction of sp³-hybridized carbons (Fsp3) is 0.250. The first-order valence-corrected chi connectivity index (χ1v) is 6.62. The van der Waals surface area contributed by atoms with Gasteiger partial charge in [0.15, 0.2) is 5.78 Å². The molecule has 104 valence electrons. The van der Waals surface area contributed by atoms with Crippen LogP contribution >= 0.6 is 0 Å². The molecule has 2 N–H and O–H groups in total. The Hall–Kier alpha value is -2.20. The lowest BCUT2D eigenvalue weighted by Gasteiger charge is -2.08. The number of aromatic nitrogens is 1. The van der Waals surface area contributed by atoms with Gasteiger partial charge in [-0.15, -0.1) is 0 Å². The standard InChI is InChI=1S/C16H18N2O2/c1-2-20-15-7-14(10-18-11-15)16(19)8-12-5-3-4-6-13(12)9-17/h3-7,10-11H,2,8-9,17H2,1H3. The minimum atomic E-state index is 0.0138. The predicted octanol–water partition coefficient (Wildman–Crippen LogP) is 2.36. The summed E-state index contributed by atoms with van der Waals surface area (Å²) < 4.78 is 5.36. The lowest BCUT2D eigenvalue weighted by Crippen LogP contribution is -2.08. The third-order valence-electron chi connectivity index (χ3n) is 3.04. The Balaban J connectivity index is 2.17. The first kappa shape index (κ1) is 14.2. The summed E-state index contributed by atoms with van der Waals surface area (Å²) in [6.07, 6.45) is 3.49. The van der Waals surface area contributed by atoms with Crippen LogP contribution < -0.4 is 10.5 Å². The quantitative estimate of drug-likeness (QED) is 0.818. The zero-order chi connectivity index (χ0) is 14.4. The van der Waals surface area contributed by atoms with Crippen LogP contribution in [0, 0.1) is 0 Å². The molecular weight excluding hydrogens is 252 g/mol. The first-order valence-electron chi connectivity index (χ1n) is 6.62. The summed E-state index contributed by atoms with van der Waals surface area (Å²) in [5.41, 5.74) is 8.20. The van der Waals surface area contributed by atoms with Gasteiger partial charge >= 0.3 is 0 Å². The maximum absolute atomic E-state index is 12.3. The maximum Gasteiger partial charge on any atom is 0.168 e. The maximum atomic E-state index is 12.3. The topological polar surface area (TPSA) is 65.2 Å². The van der Waals surface area contributed by atoms with Crippen LogP contribution in [0.3, 0.4) is 0 Å². The Morgan fingerprint density at radius 2 is 2.00 bits per heavy atom. The molecule has 1 heterocycles. The average molecular weight is 270 g/mol. The van der Waals surface area contributed by atoms with Gasteiger partial charge in [0.25, 0.3) is 0 Å². The number of hydrogen-bond acceptors (Lipinski definition) is 4. The van der Waals surface area contributed by atoms with Gasteiger partial charge in [0, 0.05) is 24.7 Å². The van der Waals surface area contributed by atoms with Crippen LogP contribution in [0.1, 0.15) is 28.4 Å². The number of benzene rings is 1. The number of carbonyl (C=O) groups is 1. The Bertz CT molecular complexity index is 597. The summed E-state index contributed by atoms with van der Waals surface area (Å²) in [5, 5.41) is 0. The van der Waals surface area contributed by atoms with Gasteiger partial charge < -0.3 is 10.5 Å². The van der Waals surface area contributed by atoms with Crippen LogP contribution in [0.5, 0.6) is 5.75 Å².